The van der Waals surface area contributed by atoms with Gasteiger partial charge in [-0.3, -0.25) is 4.79 Å². The summed E-state index contributed by atoms with van der Waals surface area (Å²) in [5, 5.41) is 17.3. The largest absolute Gasteiger partial charge is 0.396 e. The van der Waals surface area contributed by atoms with Gasteiger partial charge in [-0.25, -0.2) is 0 Å². The number of carbonyl (C=O) groups is 1. The van der Waals surface area contributed by atoms with Crippen LogP contribution < -0.4 is 0 Å². The van der Waals surface area contributed by atoms with Crippen molar-refractivity contribution in [1.82, 2.24) is 4.90 Å². The normalized spacial score (nSPS) is 22.0. The molecule has 1 fully saturated rings. The molecule has 1 atom stereocenters. The number of hydrogen-bond donors (Lipinski definition) is 2. The van der Waals surface area contributed by atoms with Crippen LogP contribution in [0.5, 0.6) is 0 Å². The minimum Gasteiger partial charge on any atom is -0.396 e. The molecule has 1 saturated heterocycles. The van der Waals surface area contributed by atoms with E-state index in [1.807, 2.05) is 0 Å². The maximum absolute atomic E-state index is 11.3. The lowest BCUT2D eigenvalue weighted by Gasteiger charge is -2.15. The van der Waals surface area contributed by atoms with E-state index in [-0.39, 0.29) is 25.0 Å². The number of carbonyl (C=O) groups excluding carboxylic acids is 1. The first kappa shape index (κ1) is 11.4. The number of nitrogens with zero attached hydrogens (tertiary/aromatic N) is 1. The summed E-state index contributed by atoms with van der Waals surface area (Å²) in [5.74, 6) is 0.164. The number of aliphatic hydroxyl groups excluding tert-OH is 2. The zero-order valence-electron chi connectivity index (χ0n) is 8.19. The van der Waals surface area contributed by atoms with Crippen molar-refractivity contribution in [2.24, 2.45) is 5.92 Å². The second kappa shape index (κ2) is 5.95. The van der Waals surface area contributed by atoms with E-state index in [1.54, 1.807) is 4.90 Å². The molecule has 0 radical (unpaired) electrons. The Morgan fingerprint density at radius 1 is 1.43 bits per heavy atom. The van der Waals surface area contributed by atoms with E-state index in [4.69, 9.17) is 14.9 Å². The molecule has 82 valence electrons. The molecule has 0 aromatic carbocycles. The van der Waals surface area contributed by atoms with Gasteiger partial charge in [0.1, 0.15) is 0 Å². The number of amides is 1. The molecule has 0 saturated carbocycles. The number of aliphatic hydroxyl groups is 2. The third-order valence-corrected chi connectivity index (χ3v) is 2.29. The van der Waals surface area contributed by atoms with Crippen LogP contribution >= 0.6 is 0 Å². The Labute approximate surface area is 83.3 Å². The topological polar surface area (TPSA) is 70.0 Å². The van der Waals surface area contributed by atoms with Crippen molar-refractivity contribution in [2.75, 3.05) is 39.5 Å². The molecule has 14 heavy (non-hydrogen) atoms. The van der Waals surface area contributed by atoms with E-state index in [0.29, 0.717) is 32.7 Å². The summed E-state index contributed by atoms with van der Waals surface area (Å²) in [7, 11) is 0. The average molecular weight is 203 g/mol. The molecule has 1 aliphatic rings. The predicted molar refractivity (Wildman–Crippen MR) is 49.7 cm³/mol. The van der Waals surface area contributed by atoms with Gasteiger partial charge in [0.15, 0.2) is 0 Å². The number of hydrogen-bond acceptors (Lipinski definition) is 4. The van der Waals surface area contributed by atoms with Crippen LogP contribution in [-0.2, 0) is 9.53 Å². The zero-order chi connectivity index (χ0) is 10.4. The highest BCUT2D eigenvalue weighted by atomic mass is 16.5. The van der Waals surface area contributed by atoms with Gasteiger partial charge in [-0.2, -0.15) is 0 Å². The average Bonchev–Trinajstić information content (AvgIpc) is 2.54. The molecule has 0 aromatic heterocycles. The Bertz CT molecular complexity index is 186. The second-order valence-electron chi connectivity index (χ2n) is 3.43. The van der Waals surface area contributed by atoms with Crippen molar-refractivity contribution < 1.29 is 19.7 Å². The van der Waals surface area contributed by atoms with Gasteiger partial charge in [0, 0.05) is 32.0 Å². The molecule has 0 spiro atoms. The van der Waals surface area contributed by atoms with Crippen molar-refractivity contribution in [3.63, 3.8) is 0 Å². The monoisotopic (exact) mass is 203 g/mol. The highest BCUT2D eigenvalue weighted by Gasteiger charge is 2.28. The molecule has 1 heterocycles. The second-order valence-corrected chi connectivity index (χ2v) is 3.43. The Balaban J connectivity index is 2.15. The van der Waals surface area contributed by atoms with Gasteiger partial charge < -0.3 is 19.8 Å². The van der Waals surface area contributed by atoms with Gasteiger partial charge in [-0.05, 0) is 0 Å². The Morgan fingerprint density at radius 3 is 2.79 bits per heavy atom. The van der Waals surface area contributed by atoms with Gasteiger partial charge in [-0.1, -0.05) is 0 Å². The molecule has 1 aliphatic heterocycles. The lowest BCUT2D eigenvalue weighted by atomic mass is 10.1. The number of rotatable bonds is 6. The molecule has 0 aromatic rings. The molecule has 1 rings (SSSR count). The maximum Gasteiger partial charge on any atom is 0.223 e. The Morgan fingerprint density at radius 2 is 2.21 bits per heavy atom. The molecular weight excluding hydrogens is 186 g/mol. The summed E-state index contributed by atoms with van der Waals surface area (Å²) in [6.07, 6.45) is 0.441. The van der Waals surface area contributed by atoms with Crippen LogP contribution in [0.4, 0.5) is 0 Å². The summed E-state index contributed by atoms with van der Waals surface area (Å²) in [6, 6.07) is 0. The van der Waals surface area contributed by atoms with E-state index >= 15 is 0 Å². The predicted octanol–water partition coefficient (Wildman–Crippen LogP) is -1.16. The smallest absolute Gasteiger partial charge is 0.223 e. The maximum atomic E-state index is 11.3. The van der Waals surface area contributed by atoms with Crippen molar-refractivity contribution >= 4 is 5.91 Å². The molecule has 1 unspecified atom stereocenters. The summed E-state index contributed by atoms with van der Waals surface area (Å²) >= 11 is 0. The first-order valence-corrected chi connectivity index (χ1v) is 4.85. The first-order valence-electron chi connectivity index (χ1n) is 4.85. The van der Waals surface area contributed by atoms with Gasteiger partial charge in [0.25, 0.3) is 0 Å². The summed E-state index contributed by atoms with van der Waals surface area (Å²) in [5.41, 5.74) is 0. The quantitative estimate of drug-likeness (QED) is 0.534. The zero-order valence-corrected chi connectivity index (χ0v) is 8.19. The van der Waals surface area contributed by atoms with Crippen molar-refractivity contribution in [1.29, 1.82) is 0 Å². The van der Waals surface area contributed by atoms with E-state index in [9.17, 15) is 4.79 Å². The van der Waals surface area contributed by atoms with Crippen molar-refractivity contribution in [2.45, 2.75) is 6.42 Å². The molecule has 0 bridgehead atoms. The van der Waals surface area contributed by atoms with Gasteiger partial charge in [-0.15, -0.1) is 0 Å². The SMILES string of the molecule is O=C1CC(CO)CN1CCOCCO. The fourth-order valence-corrected chi connectivity index (χ4v) is 1.53. The number of ether oxygens (including phenoxy) is 1. The Kier molecular flexibility index (Phi) is 4.86. The first-order chi connectivity index (χ1) is 6.77. The van der Waals surface area contributed by atoms with E-state index in [0.717, 1.165) is 0 Å². The molecule has 5 nitrogen and oxygen atoms in total. The van der Waals surface area contributed by atoms with Gasteiger partial charge >= 0.3 is 0 Å². The van der Waals surface area contributed by atoms with Crippen molar-refractivity contribution in [3.05, 3.63) is 0 Å². The standard InChI is InChI=1S/C9H17NO4/c11-2-4-14-3-1-10-6-8(7-12)5-9(10)13/h8,11-12H,1-7H2. The van der Waals surface area contributed by atoms with Crippen LogP contribution in [0.25, 0.3) is 0 Å². The Hall–Kier alpha value is -0.650. The van der Waals surface area contributed by atoms with Crippen LogP contribution in [0.2, 0.25) is 0 Å². The highest BCUT2D eigenvalue weighted by Crippen LogP contribution is 2.16. The molecule has 1 amide bonds. The van der Waals surface area contributed by atoms with Crippen LogP contribution in [0, 0.1) is 5.92 Å². The van der Waals surface area contributed by atoms with Crippen LogP contribution in [-0.4, -0.2) is 60.5 Å². The molecule has 2 N–H and O–H groups in total. The highest BCUT2D eigenvalue weighted by molar-refractivity contribution is 5.78. The molecular formula is C9H17NO4. The fraction of sp³-hybridized carbons (Fsp3) is 0.889. The van der Waals surface area contributed by atoms with Crippen molar-refractivity contribution in [3.8, 4) is 0 Å². The van der Waals surface area contributed by atoms with Crippen LogP contribution in [0.1, 0.15) is 6.42 Å². The summed E-state index contributed by atoms with van der Waals surface area (Å²) in [6.45, 7) is 2.01. The van der Waals surface area contributed by atoms with E-state index in [2.05, 4.69) is 0 Å². The lowest BCUT2D eigenvalue weighted by Crippen LogP contribution is -2.29. The van der Waals surface area contributed by atoms with E-state index in [1.165, 1.54) is 0 Å². The van der Waals surface area contributed by atoms with Crippen LogP contribution in [0.15, 0.2) is 0 Å². The molecule has 0 aliphatic carbocycles. The fourth-order valence-electron chi connectivity index (χ4n) is 1.53. The summed E-state index contributed by atoms with van der Waals surface area (Å²) < 4.78 is 5.06. The third-order valence-electron chi connectivity index (χ3n) is 2.29. The summed E-state index contributed by atoms with van der Waals surface area (Å²) in [4.78, 5) is 13.0. The minimum absolute atomic E-state index is 0.00715. The van der Waals surface area contributed by atoms with Crippen LogP contribution in [0.3, 0.4) is 0 Å². The van der Waals surface area contributed by atoms with Gasteiger partial charge in [0.05, 0.1) is 19.8 Å². The molecule has 5 heteroatoms. The number of likely N-dealkylation sites (tertiary alicyclic amines) is 1. The van der Waals surface area contributed by atoms with E-state index < -0.39 is 0 Å². The third kappa shape index (κ3) is 3.25. The lowest BCUT2D eigenvalue weighted by molar-refractivity contribution is -0.128. The minimum atomic E-state index is 0.00715. The van der Waals surface area contributed by atoms with Gasteiger partial charge in [0.2, 0.25) is 5.91 Å².